The number of methoxy groups -OCH3 is 2. The van der Waals surface area contributed by atoms with E-state index in [9.17, 15) is 9.90 Å². The molecule has 1 aliphatic heterocycles. The highest BCUT2D eigenvalue weighted by Crippen LogP contribution is 2.62. The minimum absolute atomic E-state index is 0.0300. The molecule has 136 valence electrons. The fourth-order valence-corrected chi connectivity index (χ4v) is 5.89. The Morgan fingerprint density at radius 3 is 2.68 bits per heavy atom. The van der Waals surface area contributed by atoms with Crippen LogP contribution < -0.4 is 9.47 Å². The van der Waals surface area contributed by atoms with Gasteiger partial charge in [-0.2, -0.15) is 0 Å². The fourth-order valence-electron chi connectivity index (χ4n) is 5.89. The lowest BCUT2D eigenvalue weighted by Crippen LogP contribution is -2.75. The quantitative estimate of drug-likeness (QED) is 0.888. The number of Topliss-reactive ketones (excluding diaryl/α,β-unsaturated/α-hetero) is 1. The highest BCUT2D eigenvalue weighted by atomic mass is 16.5. The molecule has 1 saturated carbocycles. The highest BCUT2D eigenvalue weighted by molar-refractivity contribution is 5.85. The van der Waals surface area contributed by atoms with Gasteiger partial charge in [0, 0.05) is 29.4 Å². The van der Waals surface area contributed by atoms with Gasteiger partial charge in [-0.25, -0.2) is 0 Å². The molecule has 5 heteroatoms. The monoisotopic (exact) mass is 345 g/mol. The molecule has 2 aliphatic carbocycles. The van der Waals surface area contributed by atoms with Gasteiger partial charge in [0.25, 0.3) is 0 Å². The van der Waals surface area contributed by atoms with Gasteiger partial charge < -0.3 is 19.5 Å². The summed E-state index contributed by atoms with van der Waals surface area (Å²) >= 11 is 0. The molecule has 25 heavy (non-hydrogen) atoms. The van der Waals surface area contributed by atoms with Crippen molar-refractivity contribution in [3.8, 4) is 11.5 Å². The van der Waals surface area contributed by atoms with Gasteiger partial charge in [-0.3, -0.25) is 4.79 Å². The van der Waals surface area contributed by atoms with Crippen molar-refractivity contribution < 1.29 is 19.4 Å². The Morgan fingerprint density at radius 1 is 1.24 bits per heavy atom. The predicted molar refractivity (Wildman–Crippen MR) is 94.3 cm³/mol. The summed E-state index contributed by atoms with van der Waals surface area (Å²) in [5, 5.41) is 12.0. The molecule has 2 fully saturated rings. The molecule has 0 amide bonds. The van der Waals surface area contributed by atoms with Crippen LogP contribution >= 0.6 is 0 Å². The van der Waals surface area contributed by atoms with Crippen molar-refractivity contribution in [2.75, 3.05) is 27.8 Å². The van der Waals surface area contributed by atoms with Gasteiger partial charge in [0.1, 0.15) is 5.78 Å². The molecule has 4 atom stereocenters. The van der Waals surface area contributed by atoms with Crippen LogP contribution in [0.3, 0.4) is 0 Å². The Kier molecular flexibility index (Phi) is 3.68. The van der Waals surface area contributed by atoms with E-state index in [1.165, 1.54) is 5.56 Å². The van der Waals surface area contributed by atoms with E-state index in [0.29, 0.717) is 24.3 Å². The van der Waals surface area contributed by atoms with Crippen LogP contribution in [0.1, 0.15) is 37.3 Å². The van der Waals surface area contributed by atoms with Crippen LogP contribution in [0.5, 0.6) is 11.5 Å². The lowest BCUT2D eigenvalue weighted by molar-refractivity contribution is -0.183. The third-order valence-corrected chi connectivity index (χ3v) is 7.18. The Hall–Kier alpha value is -1.59. The summed E-state index contributed by atoms with van der Waals surface area (Å²) in [7, 11) is 5.35. The first-order valence-electron chi connectivity index (χ1n) is 9.10. The van der Waals surface area contributed by atoms with Crippen LogP contribution in [0.4, 0.5) is 0 Å². The van der Waals surface area contributed by atoms with Crippen LogP contribution in [0.2, 0.25) is 0 Å². The summed E-state index contributed by atoms with van der Waals surface area (Å²) in [6.07, 6.45) is 2.49. The Balaban J connectivity index is 2.06. The number of hydrogen-bond acceptors (Lipinski definition) is 5. The molecule has 1 saturated heterocycles. The first-order valence-corrected chi connectivity index (χ1v) is 9.10. The third kappa shape index (κ3) is 1.88. The number of ketones is 1. The second-order valence-electron chi connectivity index (χ2n) is 7.87. The number of nitrogens with zero attached hydrogens (tertiary/aromatic N) is 1. The van der Waals surface area contributed by atoms with E-state index < -0.39 is 11.0 Å². The van der Waals surface area contributed by atoms with E-state index >= 15 is 0 Å². The van der Waals surface area contributed by atoms with E-state index in [1.807, 2.05) is 13.0 Å². The minimum Gasteiger partial charge on any atom is -0.493 e. The summed E-state index contributed by atoms with van der Waals surface area (Å²) in [6.45, 7) is 2.85. The summed E-state index contributed by atoms with van der Waals surface area (Å²) in [5.41, 5.74) is 0.648. The predicted octanol–water partition coefficient (Wildman–Crippen LogP) is 1.93. The second-order valence-corrected chi connectivity index (χ2v) is 7.87. The number of aliphatic hydroxyl groups is 1. The molecular weight excluding hydrogens is 318 g/mol. The number of hydrogen-bond donors (Lipinski definition) is 1. The average Bonchev–Trinajstić information content (AvgIpc) is 2.61. The van der Waals surface area contributed by atoms with E-state index in [0.717, 1.165) is 24.9 Å². The maximum Gasteiger partial charge on any atom is 0.164 e. The Morgan fingerprint density at radius 2 is 2.00 bits per heavy atom. The van der Waals surface area contributed by atoms with Crippen molar-refractivity contribution >= 4 is 5.78 Å². The number of carbonyl (C=O) groups excluding carboxylic acids is 1. The Bertz CT molecular complexity index is 733. The molecular formula is C20H27NO4. The van der Waals surface area contributed by atoms with Gasteiger partial charge in [0.2, 0.25) is 0 Å². The summed E-state index contributed by atoms with van der Waals surface area (Å²) in [6, 6.07) is 4.04. The van der Waals surface area contributed by atoms with Crippen molar-refractivity contribution in [3.63, 3.8) is 0 Å². The molecule has 1 heterocycles. The number of carbonyl (C=O) groups is 1. The van der Waals surface area contributed by atoms with Crippen LogP contribution in [-0.4, -0.2) is 55.2 Å². The van der Waals surface area contributed by atoms with Crippen molar-refractivity contribution in [2.45, 2.75) is 49.7 Å². The molecule has 3 aliphatic rings. The third-order valence-electron chi connectivity index (χ3n) is 7.18. The Labute approximate surface area is 148 Å². The van der Waals surface area contributed by atoms with E-state index in [2.05, 4.69) is 18.0 Å². The fraction of sp³-hybridized carbons (Fsp3) is 0.650. The van der Waals surface area contributed by atoms with Crippen LogP contribution in [0.25, 0.3) is 0 Å². The molecule has 0 radical (unpaired) electrons. The van der Waals surface area contributed by atoms with Gasteiger partial charge in [0.05, 0.1) is 19.8 Å². The van der Waals surface area contributed by atoms with Gasteiger partial charge in [-0.05, 0) is 44.5 Å². The molecule has 5 nitrogen and oxygen atoms in total. The normalized spacial score (nSPS) is 37.2. The number of fused-ring (bicyclic) bond motifs is 1. The van der Waals surface area contributed by atoms with Crippen molar-refractivity contribution in [1.29, 1.82) is 0 Å². The molecule has 4 rings (SSSR count). The van der Waals surface area contributed by atoms with Gasteiger partial charge in [-0.15, -0.1) is 0 Å². The lowest BCUT2D eigenvalue weighted by Gasteiger charge is -2.65. The van der Waals surface area contributed by atoms with Crippen molar-refractivity contribution in [3.05, 3.63) is 23.3 Å². The van der Waals surface area contributed by atoms with E-state index in [-0.39, 0.29) is 17.7 Å². The number of likely N-dealkylation sites (N-methyl/N-ethyl adjacent to an activating group) is 1. The highest BCUT2D eigenvalue weighted by Gasteiger charge is 2.68. The number of piperidine rings is 1. The maximum atomic E-state index is 12.7. The molecule has 0 aromatic heterocycles. The first kappa shape index (κ1) is 16.9. The molecule has 0 unspecified atom stereocenters. The summed E-state index contributed by atoms with van der Waals surface area (Å²) in [4.78, 5) is 15.0. The van der Waals surface area contributed by atoms with Crippen LogP contribution in [-0.2, 0) is 16.6 Å². The van der Waals surface area contributed by atoms with E-state index in [4.69, 9.17) is 9.47 Å². The van der Waals surface area contributed by atoms with Crippen LogP contribution in [0.15, 0.2) is 12.1 Å². The zero-order valence-electron chi connectivity index (χ0n) is 15.5. The molecule has 2 bridgehead atoms. The largest absolute Gasteiger partial charge is 0.493 e. The number of benzene rings is 1. The topological polar surface area (TPSA) is 59.0 Å². The number of rotatable bonds is 2. The standard InChI is InChI=1S/C20H27NO4/c1-12-14(22)7-8-20(23)16-11-13-5-6-15(24-3)18(25-4)17(13)19(12,20)9-10-21(16)2/h5-6,12,16,23H,7-11H2,1-4H3/t12-,16-,19-,20-/m1/s1. The van der Waals surface area contributed by atoms with Gasteiger partial charge in [0.15, 0.2) is 11.5 Å². The van der Waals surface area contributed by atoms with Gasteiger partial charge in [-0.1, -0.05) is 13.0 Å². The zero-order valence-corrected chi connectivity index (χ0v) is 15.5. The summed E-state index contributed by atoms with van der Waals surface area (Å²) in [5.74, 6) is 1.36. The van der Waals surface area contributed by atoms with E-state index in [1.54, 1.807) is 14.2 Å². The molecule has 1 aromatic carbocycles. The SMILES string of the molecule is COc1ccc2c(c1OC)[C@]13CCN(C)[C@H](C2)[C@]1(O)CCC(=O)[C@H]3C. The maximum absolute atomic E-state index is 12.7. The van der Waals surface area contributed by atoms with Crippen molar-refractivity contribution in [2.24, 2.45) is 5.92 Å². The minimum atomic E-state index is -0.917. The smallest absolute Gasteiger partial charge is 0.164 e. The molecule has 1 aromatic rings. The molecule has 0 spiro atoms. The second kappa shape index (κ2) is 5.45. The van der Waals surface area contributed by atoms with Crippen LogP contribution in [0, 0.1) is 5.92 Å². The first-order chi connectivity index (χ1) is 11.9. The van der Waals surface area contributed by atoms with Gasteiger partial charge >= 0.3 is 0 Å². The zero-order chi connectivity index (χ0) is 18.0. The summed E-state index contributed by atoms with van der Waals surface area (Å²) < 4.78 is 11.3. The average molecular weight is 345 g/mol. The lowest BCUT2D eigenvalue weighted by atomic mass is 9.46. The molecule has 1 N–H and O–H groups in total. The number of ether oxygens (including phenoxy) is 2. The van der Waals surface area contributed by atoms with Crippen molar-refractivity contribution in [1.82, 2.24) is 4.90 Å². The number of likely N-dealkylation sites (tertiary alicyclic amines) is 1.